The minimum absolute atomic E-state index is 0.108. The fourth-order valence-electron chi connectivity index (χ4n) is 7.91. The minimum Gasteiger partial charge on any atom is -0.302 e. The molecule has 0 aromatic heterocycles. The van der Waals surface area contributed by atoms with Gasteiger partial charge in [-0.25, -0.2) is 4.39 Å². The summed E-state index contributed by atoms with van der Waals surface area (Å²) in [5, 5.41) is 0. The van der Waals surface area contributed by atoms with Gasteiger partial charge in [-0.1, -0.05) is 164 Å². The predicted molar refractivity (Wildman–Crippen MR) is 289 cm³/mol. The number of aliphatic imine (C=N–C) groups is 1. The Morgan fingerprint density at radius 1 is 0.937 bits per heavy atom. The molecule has 0 radical (unpaired) electrons. The topological polar surface area (TPSA) is 15.6 Å². The van der Waals surface area contributed by atoms with Gasteiger partial charge in [0.05, 0.1) is 11.5 Å². The van der Waals surface area contributed by atoms with Crippen LogP contribution in [0.25, 0.3) is 0 Å². The van der Waals surface area contributed by atoms with Crippen LogP contribution < -0.4 is 0 Å². The standard InChI is InChI=1S/C30H48N2.C8H18.C7H11F.C6H12.C4H10.C3H4.C2H2/c1-7-11-12-13-14-21-32-22-20-30(24-32,19-8-2)28-17-15-27(23-26(28)6)16-18-29(31-10-4)25(5)9-3;1-5-7-8(3,4)6-2;1-4-5-6(2)7(3)8;1-5-3-6(2)4-5;1-4(2)3;1-3-2;1-2/h9-10,15,17-18,23H,7-8,11-14,16,19-22,24H2,1-6H3;5-7H2,1-4H3;4-5H,1-3H3;5-6H,3-4H2,1-2H3;4H,1-3H3;1H,2H3;1-2H/b25-9-,29-18+,31-10?;;5-4-,7-6+;;;;. The number of terminal acetylenes is 2. The van der Waals surface area contributed by atoms with Crippen LogP contribution in [-0.4, -0.2) is 30.7 Å². The first-order valence-electron chi connectivity index (χ1n) is 25.0. The molecule has 1 aliphatic heterocycles. The van der Waals surface area contributed by atoms with E-state index in [0.717, 1.165) is 29.9 Å². The van der Waals surface area contributed by atoms with Gasteiger partial charge in [-0.2, -0.15) is 0 Å². The maximum atomic E-state index is 12.1. The first-order valence-corrected chi connectivity index (χ1v) is 25.0. The zero-order chi connectivity index (χ0) is 49.4. The van der Waals surface area contributed by atoms with Crippen molar-refractivity contribution >= 4 is 6.21 Å². The van der Waals surface area contributed by atoms with Crippen molar-refractivity contribution in [3.63, 3.8) is 0 Å². The Morgan fingerprint density at radius 2 is 1.49 bits per heavy atom. The Bertz CT molecular complexity index is 1460. The first kappa shape index (κ1) is 66.5. The van der Waals surface area contributed by atoms with Crippen LogP contribution in [0.2, 0.25) is 0 Å². The zero-order valence-corrected chi connectivity index (χ0v) is 45.4. The highest BCUT2D eigenvalue weighted by Crippen LogP contribution is 2.41. The maximum absolute atomic E-state index is 12.1. The number of benzene rings is 1. The maximum Gasteiger partial charge on any atom is 0.0997 e. The monoisotopic (exact) mass is 873 g/mol. The third kappa shape index (κ3) is 34.9. The summed E-state index contributed by atoms with van der Waals surface area (Å²) in [6, 6.07) is 7.24. The molecular formula is C60H105FN2. The van der Waals surface area contributed by atoms with Gasteiger partial charge in [-0.3, -0.25) is 4.99 Å². The van der Waals surface area contributed by atoms with Gasteiger partial charge >= 0.3 is 0 Å². The molecule has 1 aromatic rings. The summed E-state index contributed by atoms with van der Waals surface area (Å²) >= 11 is 0. The number of rotatable bonds is 17. The van der Waals surface area contributed by atoms with Crippen molar-refractivity contribution in [3.05, 3.63) is 81.9 Å². The van der Waals surface area contributed by atoms with Crippen molar-refractivity contribution in [2.45, 2.75) is 227 Å². The molecule has 2 fully saturated rings. The van der Waals surface area contributed by atoms with Crippen LogP contribution in [0.5, 0.6) is 0 Å². The molecule has 63 heavy (non-hydrogen) atoms. The lowest BCUT2D eigenvalue weighted by molar-refractivity contribution is 0.233. The van der Waals surface area contributed by atoms with Gasteiger partial charge in [-0.05, 0) is 164 Å². The Morgan fingerprint density at radius 3 is 1.86 bits per heavy atom. The average Bonchev–Trinajstić information content (AvgIpc) is 3.63. The number of hydrogen-bond acceptors (Lipinski definition) is 2. The summed E-state index contributed by atoms with van der Waals surface area (Å²) in [6.07, 6.45) is 41.1. The van der Waals surface area contributed by atoms with E-state index in [1.807, 2.05) is 26.1 Å². The van der Waals surface area contributed by atoms with Crippen LogP contribution >= 0.6 is 0 Å². The summed E-state index contributed by atoms with van der Waals surface area (Å²) in [5.74, 6) is 5.06. The SMILES string of the molecule is C#C.C#CC.C/C=C\C(C)=C(/C)F.CC(C)C.CC1CC(C)C1.CC=NC(=C/Cc1ccc(C2(CCC)CCN(CCCCCCC)C2)c(C)c1)/C(C)=C\C.CCCC(C)(C)CC. The summed E-state index contributed by atoms with van der Waals surface area (Å²) in [7, 11) is 0. The second-order valence-electron chi connectivity index (χ2n) is 19.5. The Kier molecular flexibility index (Phi) is 43.8. The predicted octanol–water partition coefficient (Wildman–Crippen LogP) is 18.8. The lowest BCUT2D eigenvalue weighted by Crippen LogP contribution is -2.32. The highest BCUT2D eigenvalue weighted by atomic mass is 19.1. The van der Waals surface area contributed by atoms with Crippen LogP contribution in [0.15, 0.2) is 70.2 Å². The van der Waals surface area contributed by atoms with Gasteiger partial charge in [0.25, 0.3) is 0 Å². The molecular weight excluding hydrogens is 768 g/mol. The lowest BCUT2D eigenvalue weighted by atomic mass is 9.74. The third-order valence-electron chi connectivity index (χ3n) is 11.7. The summed E-state index contributed by atoms with van der Waals surface area (Å²) < 4.78 is 12.1. The second-order valence-corrected chi connectivity index (χ2v) is 19.5. The zero-order valence-electron chi connectivity index (χ0n) is 45.4. The van der Waals surface area contributed by atoms with Crippen molar-refractivity contribution in [3.8, 4) is 25.2 Å². The molecule has 1 atom stereocenters. The molecule has 0 N–H and O–H groups in total. The van der Waals surface area contributed by atoms with Crippen molar-refractivity contribution in [1.82, 2.24) is 4.90 Å². The van der Waals surface area contributed by atoms with Crippen molar-refractivity contribution in [2.75, 3.05) is 19.6 Å². The molecule has 1 unspecified atom stereocenters. The second kappa shape index (κ2) is 41.6. The first-order chi connectivity index (χ1) is 29.7. The third-order valence-corrected chi connectivity index (χ3v) is 11.7. The van der Waals surface area contributed by atoms with E-state index in [0.29, 0.717) is 16.4 Å². The van der Waals surface area contributed by atoms with E-state index < -0.39 is 0 Å². The molecule has 2 aliphatic rings. The van der Waals surface area contributed by atoms with Gasteiger partial charge in [0, 0.05) is 18.2 Å². The molecule has 1 saturated carbocycles. The Hall–Kier alpha value is -3.14. The van der Waals surface area contributed by atoms with Gasteiger partial charge in [0.2, 0.25) is 0 Å². The van der Waals surface area contributed by atoms with Crippen molar-refractivity contribution in [1.29, 1.82) is 0 Å². The molecule has 0 amide bonds. The molecule has 0 spiro atoms. The summed E-state index contributed by atoms with van der Waals surface area (Å²) in [6.45, 7) is 44.0. The summed E-state index contributed by atoms with van der Waals surface area (Å²) in [5.41, 5.74) is 8.41. The number of unbranched alkanes of at least 4 members (excludes halogenated alkanes) is 4. The van der Waals surface area contributed by atoms with E-state index in [2.05, 4.69) is 162 Å². The molecule has 1 aromatic carbocycles. The average molecular weight is 874 g/mol. The van der Waals surface area contributed by atoms with E-state index in [-0.39, 0.29) is 5.83 Å². The largest absolute Gasteiger partial charge is 0.302 e. The fourth-order valence-corrected chi connectivity index (χ4v) is 7.91. The normalized spacial score (nSPS) is 18.8. The van der Waals surface area contributed by atoms with Gasteiger partial charge < -0.3 is 4.90 Å². The summed E-state index contributed by atoms with van der Waals surface area (Å²) in [4.78, 5) is 7.30. The van der Waals surface area contributed by atoms with Gasteiger partial charge in [0.15, 0.2) is 0 Å². The molecule has 3 rings (SSSR count). The van der Waals surface area contributed by atoms with E-state index >= 15 is 0 Å². The number of allylic oxidation sites excluding steroid dienone is 7. The Balaban J connectivity index is -0.000000450. The van der Waals surface area contributed by atoms with Crippen molar-refractivity contribution < 1.29 is 4.39 Å². The quantitative estimate of drug-likeness (QED) is 0.0659. The van der Waals surface area contributed by atoms with Gasteiger partial charge in [0.1, 0.15) is 0 Å². The van der Waals surface area contributed by atoms with Crippen LogP contribution in [0.1, 0.15) is 225 Å². The molecule has 1 aliphatic carbocycles. The molecule has 1 heterocycles. The van der Waals surface area contributed by atoms with Crippen LogP contribution in [-0.2, 0) is 11.8 Å². The van der Waals surface area contributed by atoms with E-state index in [4.69, 9.17) is 0 Å². The van der Waals surface area contributed by atoms with E-state index in [1.54, 1.807) is 25.5 Å². The molecule has 2 nitrogen and oxygen atoms in total. The Labute approximate surface area is 395 Å². The molecule has 3 heteroatoms. The molecule has 1 saturated heterocycles. The lowest BCUT2D eigenvalue weighted by Gasteiger charge is -2.32. The van der Waals surface area contributed by atoms with E-state index in [9.17, 15) is 4.39 Å². The van der Waals surface area contributed by atoms with E-state index in [1.165, 1.54) is 127 Å². The highest BCUT2D eigenvalue weighted by Gasteiger charge is 2.39. The number of hydrogen-bond donors (Lipinski definition) is 0. The number of nitrogens with zero attached hydrogens (tertiary/aromatic N) is 2. The van der Waals surface area contributed by atoms with Crippen molar-refractivity contribution in [2.24, 2.45) is 28.2 Å². The highest BCUT2D eigenvalue weighted by molar-refractivity contribution is 5.57. The van der Waals surface area contributed by atoms with Crippen LogP contribution in [0.3, 0.4) is 0 Å². The molecule has 362 valence electrons. The smallest absolute Gasteiger partial charge is 0.0997 e. The van der Waals surface area contributed by atoms with Crippen LogP contribution in [0.4, 0.5) is 4.39 Å². The number of likely N-dealkylation sites (tertiary alicyclic amines) is 1. The number of aryl methyl sites for hydroxylation is 1. The molecule has 0 bridgehead atoms. The van der Waals surface area contributed by atoms with Crippen LogP contribution in [0, 0.1) is 55.3 Å². The number of halogens is 1. The minimum atomic E-state index is -0.108. The van der Waals surface area contributed by atoms with Gasteiger partial charge in [-0.15, -0.1) is 25.2 Å². The fraction of sp³-hybridized carbons (Fsp3) is 0.683.